The zero-order chi connectivity index (χ0) is 24.3. The van der Waals surface area contributed by atoms with E-state index in [1.165, 1.54) is 4.90 Å². The molecule has 0 bridgehead atoms. The van der Waals surface area contributed by atoms with E-state index < -0.39 is 11.7 Å². The van der Waals surface area contributed by atoms with Gasteiger partial charge in [-0.25, -0.2) is 9.78 Å². The first kappa shape index (κ1) is 24.4. The molecule has 10 heteroatoms. The molecule has 0 aliphatic heterocycles. The number of nitrogens with zero attached hydrogens (tertiary/aromatic N) is 2. The second-order valence-corrected chi connectivity index (χ2v) is 9.34. The zero-order valence-corrected chi connectivity index (χ0v) is 20.4. The second kappa shape index (κ2) is 9.74. The minimum Gasteiger partial charge on any atom is -0.467 e. The molecular formula is C23H29ClN4O5. The molecule has 1 unspecified atom stereocenters. The Balaban J connectivity index is 1.95. The third-order valence-electron chi connectivity index (χ3n) is 4.59. The van der Waals surface area contributed by atoms with Crippen molar-refractivity contribution in [1.29, 1.82) is 0 Å². The monoisotopic (exact) mass is 476 g/mol. The SMILES string of the molecule is CC(Cc1oc2c(NCc3ccco3)cc(Cl)nc2c1C(=O)N(C)C)NC(=O)OC(C)(C)C. The minimum atomic E-state index is -0.621. The molecule has 2 amide bonds. The summed E-state index contributed by atoms with van der Waals surface area (Å²) < 4.78 is 16.8. The number of alkyl carbamates (subject to hydrolysis) is 1. The molecule has 9 nitrogen and oxygen atoms in total. The summed E-state index contributed by atoms with van der Waals surface area (Å²) in [5.74, 6) is 0.839. The number of fused-ring (bicyclic) bond motifs is 1. The zero-order valence-electron chi connectivity index (χ0n) is 19.6. The number of rotatable bonds is 7. The van der Waals surface area contributed by atoms with Gasteiger partial charge in [0, 0.05) is 32.6 Å². The number of carbonyl (C=O) groups is 2. The van der Waals surface area contributed by atoms with Crippen LogP contribution in [0.2, 0.25) is 5.15 Å². The van der Waals surface area contributed by atoms with E-state index in [9.17, 15) is 9.59 Å². The number of anilines is 1. The Hall–Kier alpha value is -3.20. The number of aromatic nitrogens is 1. The number of amides is 2. The van der Waals surface area contributed by atoms with Gasteiger partial charge in [-0.2, -0.15) is 0 Å². The lowest BCUT2D eigenvalue weighted by Crippen LogP contribution is -2.38. The van der Waals surface area contributed by atoms with Crippen LogP contribution >= 0.6 is 11.6 Å². The van der Waals surface area contributed by atoms with Crippen molar-refractivity contribution in [2.75, 3.05) is 19.4 Å². The normalized spacial score (nSPS) is 12.5. The highest BCUT2D eigenvalue weighted by Crippen LogP contribution is 2.34. The quantitative estimate of drug-likeness (QED) is 0.469. The molecule has 0 aliphatic carbocycles. The Labute approximate surface area is 197 Å². The maximum absolute atomic E-state index is 13.0. The lowest BCUT2D eigenvalue weighted by atomic mass is 10.1. The van der Waals surface area contributed by atoms with E-state index >= 15 is 0 Å². The van der Waals surface area contributed by atoms with Crippen LogP contribution in [0.25, 0.3) is 11.1 Å². The molecule has 1 atom stereocenters. The van der Waals surface area contributed by atoms with Gasteiger partial charge < -0.3 is 29.1 Å². The summed E-state index contributed by atoms with van der Waals surface area (Å²) in [6, 6.07) is 4.89. The Morgan fingerprint density at radius 3 is 2.64 bits per heavy atom. The third kappa shape index (κ3) is 6.19. The Morgan fingerprint density at radius 2 is 2.03 bits per heavy atom. The number of pyridine rings is 1. The lowest BCUT2D eigenvalue weighted by Gasteiger charge is -2.21. The van der Waals surface area contributed by atoms with Gasteiger partial charge in [-0.1, -0.05) is 11.6 Å². The van der Waals surface area contributed by atoms with Crippen LogP contribution in [-0.2, 0) is 17.7 Å². The molecule has 3 aromatic heterocycles. The fourth-order valence-electron chi connectivity index (χ4n) is 3.23. The van der Waals surface area contributed by atoms with E-state index in [2.05, 4.69) is 15.6 Å². The minimum absolute atomic E-state index is 0.213. The fourth-order valence-corrected chi connectivity index (χ4v) is 3.43. The average Bonchev–Trinajstić information content (AvgIpc) is 3.31. The first-order valence-corrected chi connectivity index (χ1v) is 10.9. The summed E-state index contributed by atoms with van der Waals surface area (Å²) in [6.07, 6.45) is 1.29. The molecule has 2 N–H and O–H groups in total. The second-order valence-electron chi connectivity index (χ2n) is 8.95. The number of hydrogen-bond donors (Lipinski definition) is 2. The highest BCUT2D eigenvalue weighted by Gasteiger charge is 2.27. The molecule has 0 saturated heterocycles. The Bertz CT molecular complexity index is 1130. The summed E-state index contributed by atoms with van der Waals surface area (Å²) in [7, 11) is 3.29. The molecule has 0 spiro atoms. The maximum atomic E-state index is 13.0. The van der Waals surface area contributed by atoms with Crippen molar-refractivity contribution in [3.05, 3.63) is 46.7 Å². The van der Waals surface area contributed by atoms with Crippen molar-refractivity contribution in [3.63, 3.8) is 0 Å². The molecule has 0 fully saturated rings. The molecule has 0 radical (unpaired) electrons. The van der Waals surface area contributed by atoms with Crippen molar-refractivity contribution in [3.8, 4) is 0 Å². The van der Waals surface area contributed by atoms with Crippen LogP contribution < -0.4 is 10.6 Å². The smallest absolute Gasteiger partial charge is 0.407 e. The third-order valence-corrected chi connectivity index (χ3v) is 4.78. The van der Waals surface area contributed by atoms with E-state index in [-0.39, 0.29) is 23.5 Å². The molecule has 0 aliphatic rings. The van der Waals surface area contributed by atoms with Gasteiger partial charge in [0.1, 0.15) is 33.4 Å². The van der Waals surface area contributed by atoms with Crippen LogP contribution in [0, 0.1) is 0 Å². The summed E-state index contributed by atoms with van der Waals surface area (Å²) in [6.45, 7) is 7.56. The molecule has 3 aromatic rings. The molecular weight excluding hydrogens is 448 g/mol. The molecule has 33 heavy (non-hydrogen) atoms. The first-order chi connectivity index (χ1) is 15.4. The molecule has 0 saturated carbocycles. The first-order valence-electron chi connectivity index (χ1n) is 10.5. The maximum Gasteiger partial charge on any atom is 0.407 e. The van der Waals surface area contributed by atoms with Crippen molar-refractivity contribution >= 4 is 40.4 Å². The van der Waals surface area contributed by atoms with Crippen LogP contribution in [0.3, 0.4) is 0 Å². The highest BCUT2D eigenvalue weighted by molar-refractivity contribution is 6.30. The number of ether oxygens (including phenoxy) is 1. The predicted molar refractivity (Wildman–Crippen MR) is 126 cm³/mol. The summed E-state index contributed by atoms with van der Waals surface area (Å²) in [5.41, 5.74) is 1.01. The number of carbonyl (C=O) groups excluding carboxylic acids is 2. The van der Waals surface area contributed by atoms with Gasteiger partial charge in [0.15, 0.2) is 5.58 Å². The lowest BCUT2D eigenvalue weighted by molar-refractivity contribution is 0.0507. The number of furan rings is 2. The Morgan fingerprint density at radius 1 is 1.30 bits per heavy atom. The van der Waals surface area contributed by atoms with Crippen LogP contribution in [0.4, 0.5) is 10.5 Å². The van der Waals surface area contributed by atoms with Gasteiger partial charge >= 0.3 is 6.09 Å². The Kier molecular flexibility index (Phi) is 7.22. The van der Waals surface area contributed by atoms with Gasteiger partial charge in [0.25, 0.3) is 5.91 Å². The topological polar surface area (TPSA) is 110 Å². The van der Waals surface area contributed by atoms with E-state index in [4.69, 9.17) is 25.2 Å². The molecule has 178 valence electrons. The largest absolute Gasteiger partial charge is 0.467 e. The molecule has 3 rings (SSSR count). The van der Waals surface area contributed by atoms with Gasteiger partial charge in [0.2, 0.25) is 0 Å². The van der Waals surface area contributed by atoms with Crippen LogP contribution in [0.15, 0.2) is 33.3 Å². The van der Waals surface area contributed by atoms with E-state index in [1.807, 2.05) is 6.07 Å². The van der Waals surface area contributed by atoms with E-state index in [0.29, 0.717) is 34.7 Å². The van der Waals surface area contributed by atoms with Crippen molar-refractivity contribution in [2.45, 2.75) is 52.3 Å². The van der Waals surface area contributed by atoms with Gasteiger partial charge in [-0.05, 0) is 39.8 Å². The highest BCUT2D eigenvalue weighted by atomic mass is 35.5. The average molecular weight is 477 g/mol. The standard InChI is InChI=1S/C23H29ClN4O5/c1-13(26-22(30)33-23(2,3)4)10-16-18(21(29)28(5)6)19-20(32-16)15(11-17(24)27-19)25-12-14-8-7-9-31-14/h7-9,11,13H,10,12H2,1-6H3,(H,25,27)(H,26,30). The number of halogens is 1. The van der Waals surface area contributed by atoms with Crippen LogP contribution in [0.5, 0.6) is 0 Å². The van der Waals surface area contributed by atoms with Gasteiger partial charge in [-0.3, -0.25) is 4.79 Å². The molecule has 3 heterocycles. The predicted octanol–water partition coefficient (Wildman–Crippen LogP) is 4.84. The van der Waals surface area contributed by atoms with Crippen molar-refractivity contribution in [1.82, 2.24) is 15.2 Å². The van der Waals surface area contributed by atoms with Crippen LogP contribution in [0.1, 0.15) is 49.6 Å². The van der Waals surface area contributed by atoms with E-state index in [1.54, 1.807) is 60.2 Å². The van der Waals surface area contributed by atoms with E-state index in [0.717, 1.165) is 5.76 Å². The summed E-state index contributed by atoms with van der Waals surface area (Å²) in [5, 5.41) is 6.21. The number of hydrogen-bond acceptors (Lipinski definition) is 7. The summed E-state index contributed by atoms with van der Waals surface area (Å²) in [4.78, 5) is 31.0. The summed E-state index contributed by atoms with van der Waals surface area (Å²) >= 11 is 6.27. The van der Waals surface area contributed by atoms with Gasteiger partial charge in [-0.15, -0.1) is 0 Å². The number of nitrogens with one attached hydrogen (secondary N) is 2. The fraction of sp³-hybridized carbons (Fsp3) is 0.435. The van der Waals surface area contributed by atoms with Gasteiger partial charge in [0.05, 0.1) is 18.5 Å². The van der Waals surface area contributed by atoms with Crippen molar-refractivity contribution < 1.29 is 23.2 Å². The molecule has 0 aromatic carbocycles. The van der Waals surface area contributed by atoms with Crippen molar-refractivity contribution in [2.24, 2.45) is 0 Å². The van der Waals surface area contributed by atoms with Crippen LogP contribution in [-0.4, -0.2) is 47.6 Å².